The molecule has 0 saturated heterocycles. The molecule has 0 radical (unpaired) electrons. The Kier molecular flexibility index (Phi) is 5.10. The van der Waals surface area contributed by atoms with Crippen LogP contribution in [0.2, 0.25) is 5.02 Å². The number of nitrogens with one attached hydrogen (secondary N) is 1. The van der Waals surface area contributed by atoms with Gasteiger partial charge in [0.25, 0.3) is 0 Å². The zero-order chi connectivity index (χ0) is 12.0. The summed E-state index contributed by atoms with van der Waals surface area (Å²) in [7, 11) is 1.62. The van der Waals surface area contributed by atoms with Crippen molar-refractivity contribution in [2.24, 2.45) is 0 Å². The first kappa shape index (κ1) is 12.8. The van der Waals surface area contributed by atoms with E-state index in [2.05, 4.69) is 11.4 Å². The van der Waals surface area contributed by atoms with E-state index in [1.807, 2.05) is 25.1 Å². The molecule has 1 atom stereocenters. The molecule has 4 heteroatoms. The maximum Gasteiger partial charge on any atom is 0.124 e. The van der Waals surface area contributed by atoms with Gasteiger partial charge in [-0.05, 0) is 19.1 Å². The van der Waals surface area contributed by atoms with Gasteiger partial charge in [-0.1, -0.05) is 17.7 Å². The molecule has 1 aromatic rings. The van der Waals surface area contributed by atoms with Gasteiger partial charge in [0.15, 0.2) is 0 Å². The molecule has 0 fully saturated rings. The number of nitrogens with zero attached hydrogens (tertiary/aromatic N) is 1. The van der Waals surface area contributed by atoms with Gasteiger partial charge in [0, 0.05) is 23.2 Å². The topological polar surface area (TPSA) is 45.0 Å². The second kappa shape index (κ2) is 6.37. The molecule has 0 aliphatic rings. The van der Waals surface area contributed by atoms with Gasteiger partial charge in [-0.2, -0.15) is 5.26 Å². The van der Waals surface area contributed by atoms with E-state index in [0.29, 0.717) is 18.0 Å². The van der Waals surface area contributed by atoms with Crippen molar-refractivity contribution in [1.82, 2.24) is 5.32 Å². The molecule has 0 heterocycles. The van der Waals surface area contributed by atoms with Crippen LogP contribution in [0.3, 0.4) is 0 Å². The van der Waals surface area contributed by atoms with E-state index in [1.165, 1.54) is 0 Å². The van der Waals surface area contributed by atoms with Gasteiger partial charge < -0.3 is 10.1 Å². The van der Waals surface area contributed by atoms with E-state index < -0.39 is 0 Å². The zero-order valence-corrected chi connectivity index (χ0v) is 10.2. The number of nitriles is 1. The van der Waals surface area contributed by atoms with Gasteiger partial charge in [0.05, 0.1) is 19.6 Å². The number of halogens is 1. The van der Waals surface area contributed by atoms with Crippen molar-refractivity contribution in [1.29, 1.82) is 5.26 Å². The van der Waals surface area contributed by atoms with Crippen LogP contribution in [0, 0.1) is 11.3 Å². The average Bonchev–Trinajstić information content (AvgIpc) is 2.27. The molecule has 0 aromatic heterocycles. The summed E-state index contributed by atoms with van der Waals surface area (Å²) >= 11 is 6.08. The molecule has 0 saturated carbocycles. The molecule has 0 aliphatic heterocycles. The SMILES string of the molecule is COc1cccc(Cl)c1CNC(C)CC#N. The van der Waals surface area contributed by atoms with Crippen LogP contribution < -0.4 is 10.1 Å². The van der Waals surface area contributed by atoms with E-state index in [9.17, 15) is 0 Å². The zero-order valence-electron chi connectivity index (χ0n) is 9.46. The fourth-order valence-electron chi connectivity index (χ4n) is 1.39. The van der Waals surface area contributed by atoms with Crippen molar-refractivity contribution in [3.63, 3.8) is 0 Å². The summed E-state index contributed by atoms with van der Waals surface area (Å²) in [5, 5.41) is 12.5. The molecule has 1 rings (SSSR count). The highest BCUT2D eigenvalue weighted by atomic mass is 35.5. The third-order valence-corrected chi connectivity index (χ3v) is 2.67. The monoisotopic (exact) mass is 238 g/mol. The number of rotatable bonds is 5. The maximum absolute atomic E-state index is 8.55. The standard InChI is InChI=1S/C12H15ClN2O/c1-9(6-7-14)15-8-10-11(13)4-3-5-12(10)16-2/h3-5,9,15H,6,8H2,1-2H3. The van der Waals surface area contributed by atoms with Crippen molar-refractivity contribution in [2.75, 3.05) is 7.11 Å². The summed E-state index contributed by atoms with van der Waals surface area (Å²) in [5.41, 5.74) is 0.927. The summed E-state index contributed by atoms with van der Waals surface area (Å²) < 4.78 is 5.23. The highest BCUT2D eigenvalue weighted by molar-refractivity contribution is 6.31. The number of methoxy groups -OCH3 is 1. The number of hydrogen-bond acceptors (Lipinski definition) is 3. The summed E-state index contributed by atoms with van der Waals surface area (Å²) in [4.78, 5) is 0. The fourth-order valence-corrected chi connectivity index (χ4v) is 1.62. The molecule has 1 aromatic carbocycles. The van der Waals surface area contributed by atoms with Crippen molar-refractivity contribution in [3.8, 4) is 11.8 Å². The van der Waals surface area contributed by atoms with Gasteiger partial charge in [0.2, 0.25) is 0 Å². The molecule has 16 heavy (non-hydrogen) atoms. The van der Waals surface area contributed by atoms with Gasteiger partial charge in [-0.3, -0.25) is 0 Å². The first-order valence-electron chi connectivity index (χ1n) is 5.10. The van der Waals surface area contributed by atoms with E-state index in [4.69, 9.17) is 21.6 Å². The minimum Gasteiger partial charge on any atom is -0.496 e. The maximum atomic E-state index is 8.55. The van der Waals surface area contributed by atoms with Gasteiger partial charge >= 0.3 is 0 Å². The molecule has 0 amide bonds. The Bertz CT molecular complexity index is 387. The van der Waals surface area contributed by atoms with Crippen LogP contribution in [0.4, 0.5) is 0 Å². The Hall–Kier alpha value is -1.24. The van der Waals surface area contributed by atoms with Crippen LogP contribution in [0.25, 0.3) is 0 Å². The predicted molar refractivity (Wildman–Crippen MR) is 64.5 cm³/mol. The molecular weight excluding hydrogens is 224 g/mol. The van der Waals surface area contributed by atoms with Gasteiger partial charge in [0.1, 0.15) is 5.75 Å². The highest BCUT2D eigenvalue weighted by Gasteiger charge is 2.08. The second-order valence-electron chi connectivity index (χ2n) is 3.56. The van der Waals surface area contributed by atoms with Gasteiger partial charge in [-0.25, -0.2) is 0 Å². The number of ether oxygens (including phenoxy) is 1. The van der Waals surface area contributed by atoms with E-state index in [1.54, 1.807) is 7.11 Å². The van der Waals surface area contributed by atoms with Crippen LogP contribution >= 0.6 is 11.6 Å². The molecule has 1 unspecified atom stereocenters. The summed E-state index contributed by atoms with van der Waals surface area (Å²) in [6, 6.07) is 7.82. The van der Waals surface area contributed by atoms with Crippen molar-refractivity contribution in [2.45, 2.75) is 25.9 Å². The second-order valence-corrected chi connectivity index (χ2v) is 3.97. The summed E-state index contributed by atoms with van der Waals surface area (Å²) in [6.45, 7) is 2.57. The Labute approximate surface area is 101 Å². The lowest BCUT2D eigenvalue weighted by Gasteiger charge is -2.14. The Morgan fingerprint density at radius 2 is 2.31 bits per heavy atom. The molecule has 0 bridgehead atoms. The smallest absolute Gasteiger partial charge is 0.124 e. The predicted octanol–water partition coefficient (Wildman–Crippen LogP) is 2.74. The third kappa shape index (κ3) is 3.41. The quantitative estimate of drug-likeness (QED) is 0.858. The largest absolute Gasteiger partial charge is 0.496 e. The number of hydrogen-bond donors (Lipinski definition) is 1. The van der Waals surface area contributed by atoms with E-state index in [-0.39, 0.29) is 6.04 Å². The Balaban J connectivity index is 2.69. The van der Waals surface area contributed by atoms with Crippen LogP contribution in [0.1, 0.15) is 18.9 Å². The van der Waals surface area contributed by atoms with E-state index in [0.717, 1.165) is 11.3 Å². The Morgan fingerprint density at radius 3 is 2.94 bits per heavy atom. The fraction of sp³-hybridized carbons (Fsp3) is 0.417. The molecule has 86 valence electrons. The summed E-state index contributed by atoms with van der Waals surface area (Å²) in [5.74, 6) is 0.768. The molecule has 0 aliphatic carbocycles. The third-order valence-electron chi connectivity index (χ3n) is 2.32. The van der Waals surface area contributed by atoms with Crippen LogP contribution in [-0.4, -0.2) is 13.2 Å². The number of benzene rings is 1. The minimum atomic E-state index is 0.144. The molecule has 1 N–H and O–H groups in total. The lowest BCUT2D eigenvalue weighted by molar-refractivity contribution is 0.406. The summed E-state index contributed by atoms with van der Waals surface area (Å²) in [6.07, 6.45) is 0.479. The Morgan fingerprint density at radius 1 is 1.56 bits per heavy atom. The first-order chi connectivity index (χ1) is 7.69. The highest BCUT2D eigenvalue weighted by Crippen LogP contribution is 2.25. The van der Waals surface area contributed by atoms with E-state index >= 15 is 0 Å². The minimum absolute atomic E-state index is 0.144. The molecular formula is C12H15ClN2O. The first-order valence-corrected chi connectivity index (χ1v) is 5.48. The molecule has 0 spiro atoms. The lowest BCUT2D eigenvalue weighted by Crippen LogP contribution is -2.25. The van der Waals surface area contributed by atoms with Gasteiger partial charge in [-0.15, -0.1) is 0 Å². The van der Waals surface area contributed by atoms with Crippen molar-refractivity contribution >= 4 is 11.6 Å². The van der Waals surface area contributed by atoms with Crippen molar-refractivity contribution in [3.05, 3.63) is 28.8 Å². The lowest BCUT2D eigenvalue weighted by atomic mass is 10.1. The normalized spacial score (nSPS) is 11.9. The van der Waals surface area contributed by atoms with Crippen LogP contribution in [0.5, 0.6) is 5.75 Å². The average molecular weight is 239 g/mol. The van der Waals surface area contributed by atoms with Crippen LogP contribution in [0.15, 0.2) is 18.2 Å². The molecule has 3 nitrogen and oxygen atoms in total. The van der Waals surface area contributed by atoms with Crippen molar-refractivity contribution < 1.29 is 4.74 Å². The van der Waals surface area contributed by atoms with Crippen LogP contribution in [-0.2, 0) is 6.54 Å².